The van der Waals surface area contributed by atoms with Gasteiger partial charge in [0.1, 0.15) is 17.4 Å². The second-order valence-electron chi connectivity index (χ2n) is 6.52. The lowest BCUT2D eigenvalue weighted by molar-refractivity contribution is 0.491. The molecular weight excluding hydrogens is 341 g/mol. The van der Waals surface area contributed by atoms with Crippen molar-refractivity contribution in [2.24, 2.45) is 10.9 Å². The van der Waals surface area contributed by atoms with Crippen molar-refractivity contribution in [3.05, 3.63) is 76.9 Å². The van der Waals surface area contributed by atoms with Crippen molar-refractivity contribution >= 4 is 5.90 Å². The lowest BCUT2D eigenvalue weighted by atomic mass is 10.0. The minimum atomic E-state index is -0.258. The number of nitrogens with zero attached hydrogens (tertiary/aromatic N) is 2. The van der Waals surface area contributed by atoms with E-state index in [1.165, 1.54) is 12.1 Å². The predicted octanol–water partition coefficient (Wildman–Crippen LogP) is 4.82. The molecule has 0 fully saturated rings. The molecule has 140 valence electrons. The summed E-state index contributed by atoms with van der Waals surface area (Å²) in [4.78, 5) is 4.66. The van der Waals surface area contributed by atoms with Crippen LogP contribution in [0.4, 0.5) is 4.39 Å². The first-order valence-electron chi connectivity index (χ1n) is 8.79. The first kappa shape index (κ1) is 20.2. The van der Waals surface area contributed by atoms with E-state index in [4.69, 9.17) is 10.00 Å². The Morgan fingerprint density at radius 3 is 2.52 bits per heavy atom. The molecule has 0 radical (unpaired) electrons. The van der Waals surface area contributed by atoms with Crippen molar-refractivity contribution in [3.63, 3.8) is 0 Å². The lowest BCUT2D eigenvalue weighted by Gasteiger charge is -2.17. The summed E-state index contributed by atoms with van der Waals surface area (Å²) in [6.45, 7) is 5.94. The highest BCUT2D eigenvalue weighted by atomic mass is 19.1. The molecule has 0 saturated carbocycles. The van der Waals surface area contributed by atoms with Crippen molar-refractivity contribution in [2.45, 2.75) is 27.2 Å². The Morgan fingerprint density at radius 2 is 1.93 bits per heavy atom. The summed E-state index contributed by atoms with van der Waals surface area (Å²) in [7, 11) is 1.81. The van der Waals surface area contributed by atoms with Crippen LogP contribution in [0.1, 0.15) is 31.9 Å². The highest BCUT2D eigenvalue weighted by molar-refractivity contribution is 5.82. The van der Waals surface area contributed by atoms with Gasteiger partial charge in [-0.3, -0.25) is 0 Å². The van der Waals surface area contributed by atoms with Crippen LogP contribution in [0, 0.1) is 23.1 Å². The number of nitriles is 1. The molecule has 1 unspecified atom stereocenters. The topological polar surface area (TPSA) is 57.4 Å². The molecule has 0 spiro atoms. The molecule has 2 rings (SSSR count). The smallest absolute Gasteiger partial charge is 0.199 e. The van der Waals surface area contributed by atoms with Gasteiger partial charge in [0, 0.05) is 13.0 Å². The fourth-order valence-electron chi connectivity index (χ4n) is 2.57. The molecule has 0 amide bonds. The minimum absolute atomic E-state index is 0.0519. The summed E-state index contributed by atoms with van der Waals surface area (Å²) in [6.07, 6.45) is 0.650. The number of allylic oxidation sites excluding steroid dienone is 1. The minimum Gasteiger partial charge on any atom is -0.443 e. The molecule has 0 aromatic heterocycles. The van der Waals surface area contributed by atoms with Gasteiger partial charge < -0.3 is 10.1 Å². The molecule has 0 aliphatic carbocycles. The van der Waals surface area contributed by atoms with E-state index in [2.05, 4.69) is 16.4 Å². The summed E-state index contributed by atoms with van der Waals surface area (Å²) in [5.74, 6) is 1.51. The number of benzene rings is 2. The fourth-order valence-corrected chi connectivity index (χ4v) is 2.57. The quantitative estimate of drug-likeness (QED) is 0.589. The average molecular weight is 365 g/mol. The maximum absolute atomic E-state index is 13.2. The zero-order valence-electron chi connectivity index (χ0n) is 16.1. The number of hydrogen-bond donors (Lipinski definition) is 1. The Hall–Kier alpha value is -3.13. The monoisotopic (exact) mass is 365 g/mol. The Kier molecular flexibility index (Phi) is 7.13. The molecule has 5 heteroatoms. The molecule has 2 aromatic carbocycles. The summed E-state index contributed by atoms with van der Waals surface area (Å²) in [6, 6.07) is 15.5. The van der Waals surface area contributed by atoms with Gasteiger partial charge in [-0.05, 0) is 61.7 Å². The molecule has 1 atom stereocenters. The van der Waals surface area contributed by atoms with Crippen LogP contribution in [-0.4, -0.2) is 12.9 Å². The Bertz CT molecular complexity index is 875. The third-order valence-electron chi connectivity index (χ3n) is 3.99. The zero-order chi connectivity index (χ0) is 19.8. The lowest BCUT2D eigenvalue weighted by Crippen LogP contribution is -2.22. The molecule has 0 aliphatic heterocycles. The molecule has 0 heterocycles. The number of halogens is 1. The summed E-state index contributed by atoms with van der Waals surface area (Å²) >= 11 is 0. The van der Waals surface area contributed by atoms with Crippen molar-refractivity contribution < 1.29 is 9.13 Å². The van der Waals surface area contributed by atoms with Crippen LogP contribution in [0.2, 0.25) is 0 Å². The van der Waals surface area contributed by atoms with Gasteiger partial charge in [0.2, 0.25) is 0 Å². The molecule has 0 saturated heterocycles. The van der Waals surface area contributed by atoms with Crippen LogP contribution in [0.15, 0.2) is 64.9 Å². The second-order valence-corrected chi connectivity index (χ2v) is 6.52. The molecule has 4 nitrogen and oxygen atoms in total. The van der Waals surface area contributed by atoms with Gasteiger partial charge in [-0.1, -0.05) is 25.1 Å². The first-order valence-corrected chi connectivity index (χ1v) is 8.79. The molecule has 0 bridgehead atoms. The highest BCUT2D eigenvalue weighted by Gasteiger charge is 2.16. The summed E-state index contributed by atoms with van der Waals surface area (Å²) in [5, 5.41) is 12.2. The van der Waals surface area contributed by atoms with Crippen LogP contribution in [-0.2, 0) is 6.42 Å². The van der Waals surface area contributed by atoms with Gasteiger partial charge in [-0.2, -0.15) is 10.3 Å². The van der Waals surface area contributed by atoms with Crippen molar-refractivity contribution in [1.82, 2.24) is 5.32 Å². The zero-order valence-corrected chi connectivity index (χ0v) is 16.1. The van der Waals surface area contributed by atoms with Gasteiger partial charge in [0.15, 0.2) is 5.90 Å². The van der Waals surface area contributed by atoms with Crippen LogP contribution in [0.25, 0.3) is 0 Å². The molecular formula is C22H24FN3O. The predicted molar refractivity (Wildman–Crippen MR) is 106 cm³/mol. The van der Waals surface area contributed by atoms with Gasteiger partial charge in [-0.25, -0.2) is 4.39 Å². The third-order valence-corrected chi connectivity index (χ3v) is 3.99. The molecule has 0 aliphatic rings. The van der Waals surface area contributed by atoms with Gasteiger partial charge in [0.25, 0.3) is 0 Å². The number of nitrogens with one attached hydrogen (secondary N) is 1. The van der Waals surface area contributed by atoms with Crippen LogP contribution in [0.3, 0.4) is 0 Å². The van der Waals surface area contributed by atoms with E-state index in [0.29, 0.717) is 23.6 Å². The van der Waals surface area contributed by atoms with E-state index in [0.717, 1.165) is 17.0 Å². The summed E-state index contributed by atoms with van der Waals surface area (Å²) in [5.41, 5.74) is 2.54. The normalized spacial score (nSPS) is 12.1. The maximum atomic E-state index is 13.2. The van der Waals surface area contributed by atoms with Crippen LogP contribution >= 0.6 is 0 Å². The number of aliphatic imine (C=N–C) groups is 1. The van der Waals surface area contributed by atoms with Crippen molar-refractivity contribution in [1.29, 1.82) is 5.26 Å². The Labute approximate surface area is 160 Å². The van der Waals surface area contributed by atoms with Crippen LogP contribution < -0.4 is 10.1 Å². The van der Waals surface area contributed by atoms with E-state index in [-0.39, 0.29) is 11.7 Å². The summed E-state index contributed by atoms with van der Waals surface area (Å²) < 4.78 is 19.2. The second kappa shape index (κ2) is 9.54. The number of ether oxygens (including phenoxy) is 1. The number of hydrogen-bond acceptors (Lipinski definition) is 4. The fraction of sp³-hybridized carbons (Fsp3) is 0.273. The number of rotatable bonds is 6. The highest BCUT2D eigenvalue weighted by Crippen LogP contribution is 2.19. The molecule has 2 aromatic rings. The van der Waals surface area contributed by atoms with Gasteiger partial charge in [0.05, 0.1) is 11.6 Å². The van der Waals surface area contributed by atoms with Crippen molar-refractivity contribution in [3.8, 4) is 11.8 Å². The Morgan fingerprint density at radius 1 is 1.22 bits per heavy atom. The first-order chi connectivity index (χ1) is 12.9. The van der Waals surface area contributed by atoms with Gasteiger partial charge in [-0.15, -0.1) is 0 Å². The maximum Gasteiger partial charge on any atom is 0.199 e. The van der Waals surface area contributed by atoms with E-state index in [1.54, 1.807) is 36.4 Å². The van der Waals surface area contributed by atoms with E-state index >= 15 is 0 Å². The molecule has 1 N–H and O–H groups in total. The standard InChI is InChI=1S/C22H24FN3O/c1-15(2)21(25-4)26-22(27-20-7-5-6-18(13-20)14-24)16(3)12-17-8-10-19(23)11-9-17/h5-11,13,16,25H,12H2,1-4H3. The average Bonchev–Trinajstić information content (AvgIpc) is 2.66. The third kappa shape index (κ3) is 5.96. The van der Waals surface area contributed by atoms with E-state index < -0.39 is 0 Å². The Balaban J connectivity index is 2.33. The van der Waals surface area contributed by atoms with Gasteiger partial charge >= 0.3 is 0 Å². The van der Waals surface area contributed by atoms with Crippen molar-refractivity contribution in [2.75, 3.05) is 7.05 Å². The van der Waals surface area contributed by atoms with E-state index in [1.807, 2.05) is 27.8 Å². The molecule has 27 heavy (non-hydrogen) atoms. The SMILES string of the molecule is CNC(N=C(Oc1cccc(C#N)c1)C(C)Cc1ccc(F)cc1)=C(C)C. The van der Waals surface area contributed by atoms with Crippen LogP contribution in [0.5, 0.6) is 5.75 Å². The largest absolute Gasteiger partial charge is 0.443 e. The van der Waals surface area contributed by atoms with E-state index in [9.17, 15) is 4.39 Å².